The van der Waals surface area contributed by atoms with Gasteiger partial charge in [-0.05, 0) is 18.2 Å². The number of fused-ring (bicyclic) bond motifs is 1. The Balaban J connectivity index is 2.04. The highest BCUT2D eigenvalue weighted by Crippen LogP contribution is 2.13. The summed E-state index contributed by atoms with van der Waals surface area (Å²) in [6.45, 7) is 0. The number of halogens is 1. The molecule has 0 N–H and O–H groups in total. The third-order valence-corrected chi connectivity index (χ3v) is 5.76. The first-order valence-electron chi connectivity index (χ1n) is 5.59. The van der Waals surface area contributed by atoms with E-state index < -0.39 is 0 Å². The van der Waals surface area contributed by atoms with E-state index in [2.05, 4.69) is 72.3 Å². The average Bonchev–Trinajstić information content (AvgIpc) is 2.68. The van der Waals surface area contributed by atoms with Gasteiger partial charge in [0.25, 0.3) is 3.70 Å². The number of para-hydroxylation sites is 1. The number of hydrogen-bond acceptors (Lipinski definition) is 0. The van der Waals surface area contributed by atoms with Gasteiger partial charge in [-0.25, -0.2) is 0 Å². The minimum Gasteiger partial charge on any atom is -0.306 e. The van der Waals surface area contributed by atoms with Crippen LogP contribution in [-0.4, -0.2) is 4.57 Å². The summed E-state index contributed by atoms with van der Waals surface area (Å²) in [6.07, 6.45) is 0. The van der Waals surface area contributed by atoms with Crippen molar-refractivity contribution in [1.29, 1.82) is 0 Å². The number of nitrogens with zero attached hydrogens (tertiary/aromatic N) is 1. The molecule has 0 amide bonds. The van der Waals surface area contributed by atoms with E-state index in [0.717, 1.165) is 0 Å². The second-order valence-corrected chi connectivity index (χ2v) is 6.87. The van der Waals surface area contributed by atoms with Crippen molar-refractivity contribution in [3.8, 4) is 0 Å². The van der Waals surface area contributed by atoms with Crippen LogP contribution in [0.2, 0.25) is 0 Å². The normalized spacial score (nSPS) is 10.9. The maximum atomic E-state index is 2.33. The Morgan fingerprint density at radius 2 is 1.59 bits per heavy atom. The van der Waals surface area contributed by atoms with Gasteiger partial charge in [-0.15, -0.1) is 0 Å². The van der Waals surface area contributed by atoms with Gasteiger partial charge >= 0.3 is 21.2 Å². The highest BCUT2D eigenvalue weighted by molar-refractivity contribution is 5.79. The molecule has 0 aliphatic rings. The summed E-state index contributed by atoms with van der Waals surface area (Å²) in [7, 11) is 2.17. The van der Waals surface area contributed by atoms with Crippen LogP contribution in [0.15, 0.2) is 60.7 Å². The molecule has 0 atom stereocenters. The SMILES string of the molecule is Cn1c([I+]c2ccccc2)cc2ccccc21. The molecule has 2 aromatic carbocycles. The fourth-order valence-electron chi connectivity index (χ4n) is 1.94. The number of hydrogen-bond donors (Lipinski definition) is 0. The summed E-state index contributed by atoms with van der Waals surface area (Å²) in [5.41, 5.74) is 1.33. The summed E-state index contributed by atoms with van der Waals surface area (Å²) in [5, 5.41) is 1.35. The lowest BCUT2D eigenvalue weighted by Crippen LogP contribution is -3.62. The fraction of sp³-hybridized carbons (Fsp3) is 0.0667. The van der Waals surface area contributed by atoms with Gasteiger partial charge in [0, 0.05) is 18.5 Å². The molecule has 0 fully saturated rings. The molecule has 0 unspecified atom stereocenters. The molecule has 0 saturated carbocycles. The van der Waals surface area contributed by atoms with E-state index in [-0.39, 0.29) is 21.2 Å². The van der Waals surface area contributed by atoms with E-state index in [1.165, 1.54) is 18.2 Å². The molecule has 0 bridgehead atoms. The van der Waals surface area contributed by atoms with Crippen LogP contribution < -0.4 is 21.2 Å². The maximum absolute atomic E-state index is 2.33. The van der Waals surface area contributed by atoms with Crippen molar-refractivity contribution in [1.82, 2.24) is 4.57 Å². The van der Waals surface area contributed by atoms with Gasteiger partial charge in [-0.3, -0.25) is 0 Å². The van der Waals surface area contributed by atoms with E-state index in [1.807, 2.05) is 0 Å². The molecule has 0 spiro atoms. The Bertz CT molecular complexity index is 640. The Hall–Kier alpha value is -1.29. The first-order chi connectivity index (χ1) is 8.34. The van der Waals surface area contributed by atoms with Crippen molar-refractivity contribution in [3.63, 3.8) is 0 Å². The van der Waals surface area contributed by atoms with Crippen LogP contribution in [0.1, 0.15) is 0 Å². The zero-order valence-corrected chi connectivity index (χ0v) is 11.8. The number of benzene rings is 2. The van der Waals surface area contributed by atoms with Crippen LogP contribution in [0.3, 0.4) is 0 Å². The Labute approximate surface area is 111 Å². The fourth-order valence-corrected chi connectivity index (χ4v) is 4.46. The average molecular weight is 334 g/mol. The minimum absolute atomic E-state index is 0.0782. The van der Waals surface area contributed by atoms with E-state index in [9.17, 15) is 0 Å². The highest BCUT2D eigenvalue weighted by Gasteiger charge is 2.20. The topological polar surface area (TPSA) is 4.93 Å². The van der Waals surface area contributed by atoms with Crippen molar-refractivity contribution in [2.45, 2.75) is 0 Å². The zero-order valence-electron chi connectivity index (χ0n) is 9.60. The molecule has 0 aliphatic heterocycles. The predicted octanol–water partition coefficient (Wildman–Crippen LogP) is 0.307. The van der Waals surface area contributed by atoms with Crippen LogP contribution >= 0.6 is 0 Å². The predicted molar refractivity (Wildman–Crippen MR) is 66.8 cm³/mol. The van der Waals surface area contributed by atoms with E-state index >= 15 is 0 Å². The van der Waals surface area contributed by atoms with Crippen molar-refractivity contribution in [3.05, 3.63) is 67.9 Å². The van der Waals surface area contributed by atoms with Gasteiger partial charge in [0.15, 0.2) is 3.57 Å². The molecule has 0 aliphatic carbocycles. The van der Waals surface area contributed by atoms with E-state index in [4.69, 9.17) is 0 Å². The molecule has 3 rings (SSSR count). The Kier molecular flexibility index (Phi) is 2.89. The molecule has 1 nitrogen and oxygen atoms in total. The van der Waals surface area contributed by atoms with Gasteiger partial charge in [0.05, 0.1) is 5.52 Å². The Morgan fingerprint density at radius 3 is 2.35 bits per heavy atom. The molecular formula is C15H13IN+. The second kappa shape index (κ2) is 4.53. The van der Waals surface area contributed by atoms with Crippen LogP contribution in [-0.2, 0) is 7.05 Å². The smallest absolute Gasteiger partial charge is 0.306 e. The van der Waals surface area contributed by atoms with Gasteiger partial charge in [-0.1, -0.05) is 36.4 Å². The lowest BCUT2D eigenvalue weighted by atomic mass is 10.2. The largest absolute Gasteiger partial charge is 0.378 e. The standard InChI is InChI=1S/C15H13IN/c1-17-14-10-6-5-7-12(14)11-15(17)16-13-8-3-2-4-9-13/h2-11H,1H3/q+1. The lowest BCUT2D eigenvalue weighted by molar-refractivity contribution is -0.605. The molecule has 84 valence electrons. The van der Waals surface area contributed by atoms with E-state index in [0.29, 0.717) is 0 Å². The van der Waals surface area contributed by atoms with Crippen molar-refractivity contribution < 1.29 is 21.2 Å². The zero-order chi connectivity index (χ0) is 11.7. The van der Waals surface area contributed by atoms with Gasteiger partial charge in [0.1, 0.15) is 0 Å². The first kappa shape index (κ1) is 10.8. The third-order valence-electron chi connectivity index (χ3n) is 2.83. The van der Waals surface area contributed by atoms with Crippen LogP contribution in [0, 0.1) is 7.27 Å². The summed E-state index contributed by atoms with van der Waals surface area (Å²) in [6, 6.07) is 21.7. The number of aryl methyl sites for hydroxylation is 1. The molecule has 17 heavy (non-hydrogen) atoms. The third kappa shape index (κ3) is 2.09. The summed E-state index contributed by atoms with van der Waals surface area (Å²) < 4.78 is 5.27. The summed E-state index contributed by atoms with van der Waals surface area (Å²) in [4.78, 5) is 0. The Morgan fingerprint density at radius 1 is 0.882 bits per heavy atom. The summed E-state index contributed by atoms with van der Waals surface area (Å²) in [5.74, 6) is 0. The number of aromatic nitrogens is 1. The molecule has 2 heteroatoms. The monoisotopic (exact) mass is 334 g/mol. The molecule has 1 heterocycles. The van der Waals surface area contributed by atoms with Gasteiger partial charge < -0.3 is 4.57 Å². The van der Waals surface area contributed by atoms with Crippen LogP contribution in [0.4, 0.5) is 0 Å². The molecule has 0 saturated heterocycles. The lowest BCUT2D eigenvalue weighted by Gasteiger charge is -1.93. The van der Waals surface area contributed by atoms with Gasteiger partial charge in [0.2, 0.25) is 0 Å². The molecular weight excluding hydrogens is 321 g/mol. The summed E-state index contributed by atoms with van der Waals surface area (Å²) >= 11 is -0.0782. The first-order valence-corrected chi connectivity index (χ1v) is 7.75. The highest BCUT2D eigenvalue weighted by atomic mass is 127. The number of rotatable bonds is 2. The molecule has 0 radical (unpaired) electrons. The van der Waals surface area contributed by atoms with Crippen LogP contribution in [0.5, 0.6) is 0 Å². The van der Waals surface area contributed by atoms with Crippen LogP contribution in [0.25, 0.3) is 10.9 Å². The van der Waals surface area contributed by atoms with E-state index in [1.54, 1.807) is 0 Å². The molecule has 1 aromatic heterocycles. The minimum atomic E-state index is -0.0782. The quantitative estimate of drug-likeness (QED) is 0.595. The molecule has 3 aromatic rings. The van der Waals surface area contributed by atoms with Crippen molar-refractivity contribution in [2.24, 2.45) is 7.05 Å². The maximum Gasteiger partial charge on any atom is 0.378 e. The van der Waals surface area contributed by atoms with Crippen molar-refractivity contribution in [2.75, 3.05) is 0 Å². The van der Waals surface area contributed by atoms with Gasteiger partial charge in [-0.2, -0.15) is 0 Å². The second-order valence-electron chi connectivity index (χ2n) is 3.97. The van der Waals surface area contributed by atoms with Crippen molar-refractivity contribution >= 4 is 10.9 Å².